The molecule has 4 heteroatoms. The quantitative estimate of drug-likeness (QED) is 0.703. The molecule has 0 unspecified atom stereocenters. The summed E-state index contributed by atoms with van der Waals surface area (Å²) in [5.41, 5.74) is 1.14. The van der Waals surface area contributed by atoms with Gasteiger partial charge in [0.2, 0.25) is 0 Å². The summed E-state index contributed by atoms with van der Waals surface area (Å²) >= 11 is 1.72. The largest absolute Gasteiger partial charge is 0.381 e. The first kappa shape index (κ1) is 11.6. The van der Waals surface area contributed by atoms with Crippen molar-refractivity contribution in [2.45, 2.75) is 26.8 Å². The highest BCUT2D eigenvalue weighted by molar-refractivity contribution is 7.09. The van der Waals surface area contributed by atoms with E-state index in [9.17, 15) is 0 Å². The molecule has 1 heterocycles. The van der Waals surface area contributed by atoms with Gasteiger partial charge in [0.15, 0.2) is 0 Å². The van der Waals surface area contributed by atoms with Gasteiger partial charge in [-0.1, -0.05) is 6.92 Å². The number of nitrogens with one attached hydrogen (secondary N) is 1. The van der Waals surface area contributed by atoms with Crippen LogP contribution in [0.4, 0.5) is 0 Å². The van der Waals surface area contributed by atoms with E-state index in [4.69, 9.17) is 4.74 Å². The second-order valence-electron chi connectivity index (χ2n) is 2.96. The lowest BCUT2D eigenvalue weighted by molar-refractivity contribution is 0.151. The van der Waals surface area contributed by atoms with Crippen molar-refractivity contribution < 1.29 is 4.74 Å². The molecule has 1 aromatic heterocycles. The normalized spacial score (nSPS) is 10.7. The zero-order valence-corrected chi connectivity index (χ0v) is 9.69. The number of rotatable bonds is 7. The van der Waals surface area contributed by atoms with Gasteiger partial charge in [0.1, 0.15) is 0 Å². The van der Waals surface area contributed by atoms with Crippen LogP contribution < -0.4 is 5.32 Å². The molecule has 3 nitrogen and oxygen atoms in total. The second-order valence-corrected chi connectivity index (χ2v) is 3.90. The summed E-state index contributed by atoms with van der Waals surface area (Å²) in [6, 6.07) is 0. The molecule has 80 valence electrons. The maximum Gasteiger partial charge on any atom is 0.0951 e. The maximum absolute atomic E-state index is 5.28. The van der Waals surface area contributed by atoms with E-state index in [1.165, 1.54) is 5.01 Å². The lowest BCUT2D eigenvalue weighted by Gasteiger charge is -1.97. The fourth-order valence-electron chi connectivity index (χ4n) is 1.10. The summed E-state index contributed by atoms with van der Waals surface area (Å²) in [4.78, 5) is 4.50. The third-order valence-corrected chi connectivity index (χ3v) is 2.78. The van der Waals surface area contributed by atoms with E-state index < -0.39 is 0 Å². The van der Waals surface area contributed by atoms with Gasteiger partial charge in [-0.3, -0.25) is 0 Å². The molecule has 0 amide bonds. The highest BCUT2D eigenvalue weighted by Gasteiger charge is 2.00. The first-order valence-corrected chi connectivity index (χ1v) is 5.96. The Morgan fingerprint density at radius 1 is 1.50 bits per heavy atom. The molecule has 0 radical (unpaired) electrons. The Morgan fingerprint density at radius 2 is 2.36 bits per heavy atom. The van der Waals surface area contributed by atoms with Gasteiger partial charge in [-0.15, -0.1) is 11.3 Å². The third-order valence-electron chi connectivity index (χ3n) is 1.82. The molecule has 0 aromatic carbocycles. The van der Waals surface area contributed by atoms with Gasteiger partial charge in [0.25, 0.3) is 0 Å². The lowest BCUT2D eigenvalue weighted by atomic mass is 10.4. The molecule has 1 aromatic rings. The van der Waals surface area contributed by atoms with E-state index in [2.05, 4.69) is 22.6 Å². The minimum atomic E-state index is 0.782. The highest BCUT2D eigenvalue weighted by Crippen LogP contribution is 2.10. The van der Waals surface area contributed by atoms with E-state index in [1.54, 1.807) is 11.3 Å². The standard InChI is InChI=1S/C10H18N2OS/c1-3-11-7-9-8-14-10(12-9)5-6-13-4-2/h8,11H,3-7H2,1-2H3. The van der Waals surface area contributed by atoms with Crippen molar-refractivity contribution in [3.8, 4) is 0 Å². The van der Waals surface area contributed by atoms with Crippen LogP contribution in [-0.2, 0) is 17.7 Å². The second kappa shape index (κ2) is 6.92. The van der Waals surface area contributed by atoms with E-state index in [0.29, 0.717) is 0 Å². The van der Waals surface area contributed by atoms with Crippen LogP contribution in [0.5, 0.6) is 0 Å². The van der Waals surface area contributed by atoms with Gasteiger partial charge < -0.3 is 10.1 Å². The molecule has 14 heavy (non-hydrogen) atoms. The van der Waals surface area contributed by atoms with Gasteiger partial charge in [0.05, 0.1) is 17.3 Å². The lowest BCUT2D eigenvalue weighted by Crippen LogP contribution is -2.12. The smallest absolute Gasteiger partial charge is 0.0951 e. The predicted molar refractivity (Wildman–Crippen MR) is 59.7 cm³/mol. The fourth-order valence-corrected chi connectivity index (χ4v) is 1.88. The SMILES string of the molecule is CCNCc1csc(CCOCC)n1. The highest BCUT2D eigenvalue weighted by atomic mass is 32.1. The predicted octanol–water partition coefficient (Wildman–Crippen LogP) is 1.83. The number of aromatic nitrogens is 1. The average Bonchev–Trinajstić information content (AvgIpc) is 2.63. The van der Waals surface area contributed by atoms with E-state index in [-0.39, 0.29) is 0 Å². The molecule has 0 aliphatic rings. The fraction of sp³-hybridized carbons (Fsp3) is 0.700. The van der Waals surface area contributed by atoms with Crippen molar-refractivity contribution in [1.82, 2.24) is 10.3 Å². The average molecular weight is 214 g/mol. The van der Waals surface area contributed by atoms with Crippen LogP contribution in [0.15, 0.2) is 5.38 Å². The molecule has 0 fully saturated rings. The molecule has 1 rings (SSSR count). The Hall–Kier alpha value is -0.450. The van der Waals surface area contributed by atoms with Crippen LogP contribution in [0.25, 0.3) is 0 Å². The number of hydrogen-bond donors (Lipinski definition) is 1. The summed E-state index contributed by atoms with van der Waals surface area (Å²) in [6.45, 7) is 7.55. The van der Waals surface area contributed by atoms with Crippen LogP contribution in [0, 0.1) is 0 Å². The van der Waals surface area contributed by atoms with Crippen molar-refractivity contribution in [3.05, 3.63) is 16.1 Å². The zero-order valence-electron chi connectivity index (χ0n) is 8.88. The molecule has 1 N–H and O–H groups in total. The van der Waals surface area contributed by atoms with Gasteiger partial charge in [-0.05, 0) is 13.5 Å². The van der Waals surface area contributed by atoms with E-state index in [1.807, 2.05) is 6.92 Å². The zero-order chi connectivity index (χ0) is 10.2. The van der Waals surface area contributed by atoms with Crippen LogP contribution in [0.2, 0.25) is 0 Å². The first-order chi connectivity index (χ1) is 6.86. The minimum absolute atomic E-state index is 0.782. The van der Waals surface area contributed by atoms with Crippen molar-refractivity contribution in [2.75, 3.05) is 19.8 Å². The van der Waals surface area contributed by atoms with Crippen molar-refractivity contribution in [3.63, 3.8) is 0 Å². The topological polar surface area (TPSA) is 34.1 Å². The van der Waals surface area contributed by atoms with E-state index in [0.717, 1.165) is 38.4 Å². The molecular weight excluding hydrogens is 196 g/mol. The van der Waals surface area contributed by atoms with Crippen LogP contribution in [0.3, 0.4) is 0 Å². The number of hydrogen-bond acceptors (Lipinski definition) is 4. The monoisotopic (exact) mass is 214 g/mol. The van der Waals surface area contributed by atoms with Gasteiger partial charge >= 0.3 is 0 Å². The first-order valence-electron chi connectivity index (χ1n) is 5.08. The molecule has 0 saturated carbocycles. The third kappa shape index (κ3) is 4.17. The molecule has 0 aliphatic heterocycles. The minimum Gasteiger partial charge on any atom is -0.381 e. The Labute approximate surface area is 89.5 Å². The molecule has 0 bridgehead atoms. The van der Waals surface area contributed by atoms with Crippen LogP contribution in [-0.4, -0.2) is 24.7 Å². The van der Waals surface area contributed by atoms with Gasteiger partial charge in [-0.2, -0.15) is 0 Å². The number of ether oxygens (including phenoxy) is 1. The van der Waals surface area contributed by atoms with Crippen molar-refractivity contribution >= 4 is 11.3 Å². The van der Waals surface area contributed by atoms with Crippen molar-refractivity contribution in [2.24, 2.45) is 0 Å². The number of nitrogens with zero attached hydrogens (tertiary/aromatic N) is 1. The number of thiazole rings is 1. The van der Waals surface area contributed by atoms with Gasteiger partial charge in [0, 0.05) is 25.0 Å². The molecular formula is C10H18N2OS. The summed E-state index contributed by atoms with van der Waals surface area (Å²) < 4.78 is 5.28. The summed E-state index contributed by atoms with van der Waals surface area (Å²) in [7, 11) is 0. The maximum atomic E-state index is 5.28. The van der Waals surface area contributed by atoms with Crippen LogP contribution >= 0.6 is 11.3 Å². The summed E-state index contributed by atoms with van der Waals surface area (Å²) in [5.74, 6) is 0. The molecule has 0 aliphatic carbocycles. The molecule has 0 atom stereocenters. The van der Waals surface area contributed by atoms with Crippen molar-refractivity contribution in [1.29, 1.82) is 0 Å². The summed E-state index contributed by atoms with van der Waals surface area (Å²) in [6.07, 6.45) is 0.935. The Morgan fingerprint density at radius 3 is 3.07 bits per heavy atom. The Balaban J connectivity index is 2.27. The summed E-state index contributed by atoms with van der Waals surface area (Å²) in [5, 5.41) is 6.55. The van der Waals surface area contributed by atoms with Gasteiger partial charge in [-0.25, -0.2) is 4.98 Å². The molecule has 0 saturated heterocycles. The Kier molecular flexibility index (Phi) is 5.75. The van der Waals surface area contributed by atoms with E-state index >= 15 is 0 Å². The molecule has 0 spiro atoms. The Bertz CT molecular complexity index is 250. The van der Waals surface area contributed by atoms with Crippen LogP contribution in [0.1, 0.15) is 24.5 Å².